The van der Waals surface area contributed by atoms with Crippen LogP contribution in [0.15, 0.2) is 11.3 Å². The predicted octanol–water partition coefficient (Wildman–Crippen LogP) is 4.36. The molecule has 0 heterocycles. The fourth-order valence-electron chi connectivity index (χ4n) is 6.65. The third kappa shape index (κ3) is 1.94. The van der Waals surface area contributed by atoms with Crippen molar-refractivity contribution in [3.63, 3.8) is 0 Å². The van der Waals surface area contributed by atoms with Crippen molar-refractivity contribution in [2.24, 2.45) is 28.6 Å². The van der Waals surface area contributed by atoms with Gasteiger partial charge in [-0.3, -0.25) is 9.59 Å². The van der Waals surface area contributed by atoms with E-state index in [1.807, 2.05) is 0 Å². The molecule has 5 atom stereocenters. The van der Waals surface area contributed by atoms with Gasteiger partial charge < -0.3 is 5.11 Å². The smallest absolute Gasteiger partial charge is 0.197 e. The molecule has 3 heteroatoms. The van der Waals surface area contributed by atoms with E-state index in [-0.39, 0.29) is 22.4 Å². The largest absolute Gasteiger partial charge is 0.504 e. The van der Waals surface area contributed by atoms with Crippen molar-refractivity contribution in [2.75, 3.05) is 0 Å². The van der Waals surface area contributed by atoms with Gasteiger partial charge in [-0.25, -0.2) is 0 Å². The number of aliphatic hydroxyl groups excluding tert-OH is 1. The number of ketones is 2. The molecule has 3 saturated carbocycles. The summed E-state index contributed by atoms with van der Waals surface area (Å²) in [6.45, 7) is 4.49. The number of Topliss-reactive ketones (excluding diaryl/α,β-unsaturated/α-hetero) is 2. The molecular formula is C20H28O3. The maximum atomic E-state index is 12.6. The molecule has 3 fully saturated rings. The first kappa shape index (κ1) is 15.4. The minimum absolute atomic E-state index is 0.0251. The number of hydrogen-bond donors (Lipinski definition) is 1. The number of hydrogen-bond acceptors (Lipinski definition) is 3. The van der Waals surface area contributed by atoms with Crippen LogP contribution in [0, 0.1) is 28.6 Å². The Labute approximate surface area is 138 Å². The number of fused-ring (bicyclic) bond motifs is 5. The van der Waals surface area contributed by atoms with Crippen LogP contribution in [-0.2, 0) is 9.59 Å². The lowest BCUT2D eigenvalue weighted by Gasteiger charge is -2.59. The van der Waals surface area contributed by atoms with Crippen molar-refractivity contribution >= 4 is 11.6 Å². The van der Waals surface area contributed by atoms with Crippen LogP contribution in [0.25, 0.3) is 0 Å². The van der Waals surface area contributed by atoms with E-state index in [9.17, 15) is 14.7 Å². The number of aliphatic hydroxyl groups is 1. The topological polar surface area (TPSA) is 54.4 Å². The van der Waals surface area contributed by atoms with E-state index < -0.39 is 0 Å². The summed E-state index contributed by atoms with van der Waals surface area (Å²) < 4.78 is 0. The molecule has 126 valence electrons. The zero-order chi connectivity index (χ0) is 16.4. The average molecular weight is 316 g/mol. The van der Waals surface area contributed by atoms with Crippen LogP contribution in [0.3, 0.4) is 0 Å². The fraction of sp³-hybridized carbons (Fsp3) is 0.800. The second-order valence-electron chi connectivity index (χ2n) is 8.85. The van der Waals surface area contributed by atoms with Gasteiger partial charge in [-0.15, -0.1) is 0 Å². The summed E-state index contributed by atoms with van der Waals surface area (Å²) >= 11 is 0. The highest BCUT2D eigenvalue weighted by Crippen LogP contribution is 2.64. The van der Waals surface area contributed by atoms with Crippen molar-refractivity contribution in [3.8, 4) is 0 Å². The van der Waals surface area contributed by atoms with Crippen LogP contribution in [-0.4, -0.2) is 16.7 Å². The van der Waals surface area contributed by atoms with Gasteiger partial charge in [0.15, 0.2) is 11.5 Å². The van der Waals surface area contributed by atoms with E-state index >= 15 is 0 Å². The van der Waals surface area contributed by atoms with Gasteiger partial charge in [-0.1, -0.05) is 13.8 Å². The Morgan fingerprint density at radius 2 is 1.65 bits per heavy atom. The third-order valence-electron chi connectivity index (χ3n) is 8.04. The number of carbonyl (C=O) groups excluding carboxylic acids is 2. The Kier molecular flexibility index (Phi) is 3.31. The summed E-state index contributed by atoms with van der Waals surface area (Å²) in [4.78, 5) is 24.5. The SMILES string of the molecule is CC12CCC3C(CCC4=C(O)C(=O)CCC43C)C1CCCC2=O. The molecule has 4 rings (SSSR count). The normalized spacial score (nSPS) is 47.0. The molecular weight excluding hydrogens is 288 g/mol. The Hall–Kier alpha value is -1.12. The molecule has 4 aliphatic carbocycles. The van der Waals surface area contributed by atoms with Gasteiger partial charge >= 0.3 is 0 Å². The highest BCUT2D eigenvalue weighted by molar-refractivity contribution is 5.95. The average Bonchev–Trinajstić information content (AvgIpc) is 2.52. The quantitative estimate of drug-likeness (QED) is 0.722. The maximum Gasteiger partial charge on any atom is 0.197 e. The molecule has 0 spiro atoms. The molecule has 4 aliphatic rings. The van der Waals surface area contributed by atoms with Crippen LogP contribution in [0.5, 0.6) is 0 Å². The molecule has 0 aromatic heterocycles. The molecule has 1 N–H and O–H groups in total. The standard InChI is InChI=1S/C20H28O3/c1-19-11-9-16(21)18(23)15(19)7-6-12-13-4-3-5-17(22)20(13,2)10-8-14(12)19/h12-14,23H,3-11H2,1-2H3. The van der Waals surface area contributed by atoms with Gasteiger partial charge in [0.25, 0.3) is 0 Å². The van der Waals surface area contributed by atoms with E-state index in [4.69, 9.17) is 0 Å². The van der Waals surface area contributed by atoms with Crippen molar-refractivity contribution in [3.05, 3.63) is 11.3 Å². The second-order valence-corrected chi connectivity index (χ2v) is 8.85. The number of carbonyl (C=O) groups is 2. The molecule has 0 aliphatic heterocycles. The summed E-state index contributed by atoms with van der Waals surface area (Å²) in [5, 5.41) is 10.3. The Morgan fingerprint density at radius 3 is 2.43 bits per heavy atom. The molecule has 3 nitrogen and oxygen atoms in total. The van der Waals surface area contributed by atoms with Crippen LogP contribution in [0.4, 0.5) is 0 Å². The van der Waals surface area contributed by atoms with Gasteiger partial charge in [0, 0.05) is 18.3 Å². The summed E-state index contributed by atoms with van der Waals surface area (Å²) in [6, 6.07) is 0. The molecule has 0 aromatic rings. The molecule has 0 saturated heterocycles. The highest BCUT2D eigenvalue weighted by Gasteiger charge is 2.58. The van der Waals surface area contributed by atoms with Crippen LogP contribution < -0.4 is 0 Å². The predicted molar refractivity (Wildman–Crippen MR) is 87.9 cm³/mol. The molecule has 5 unspecified atom stereocenters. The minimum Gasteiger partial charge on any atom is -0.504 e. The maximum absolute atomic E-state index is 12.6. The molecule has 0 aromatic carbocycles. The number of rotatable bonds is 0. The van der Waals surface area contributed by atoms with E-state index in [1.165, 1.54) is 6.42 Å². The van der Waals surface area contributed by atoms with E-state index in [0.29, 0.717) is 30.0 Å². The Balaban J connectivity index is 1.72. The first-order chi connectivity index (χ1) is 10.9. The van der Waals surface area contributed by atoms with Crippen molar-refractivity contribution in [2.45, 2.75) is 71.6 Å². The second kappa shape index (κ2) is 4.94. The lowest BCUT2D eigenvalue weighted by Crippen LogP contribution is -2.54. The number of allylic oxidation sites excluding steroid dienone is 2. The summed E-state index contributed by atoms with van der Waals surface area (Å²) in [6.07, 6.45) is 8.31. The van der Waals surface area contributed by atoms with Gasteiger partial charge in [-0.2, -0.15) is 0 Å². The van der Waals surface area contributed by atoms with Gasteiger partial charge in [-0.05, 0) is 73.7 Å². The first-order valence-electron chi connectivity index (χ1n) is 9.37. The van der Waals surface area contributed by atoms with Gasteiger partial charge in [0.2, 0.25) is 0 Å². The highest BCUT2D eigenvalue weighted by atomic mass is 16.3. The summed E-state index contributed by atoms with van der Waals surface area (Å²) in [5.41, 5.74) is 0.896. The molecule has 23 heavy (non-hydrogen) atoms. The Morgan fingerprint density at radius 1 is 0.913 bits per heavy atom. The minimum atomic E-state index is -0.108. The lowest BCUT2D eigenvalue weighted by atomic mass is 9.44. The van der Waals surface area contributed by atoms with Crippen LogP contribution >= 0.6 is 0 Å². The van der Waals surface area contributed by atoms with Crippen LogP contribution in [0.1, 0.15) is 71.6 Å². The summed E-state index contributed by atoms with van der Waals surface area (Å²) in [7, 11) is 0. The fourth-order valence-corrected chi connectivity index (χ4v) is 6.65. The molecule has 0 radical (unpaired) electrons. The van der Waals surface area contributed by atoms with E-state index in [1.54, 1.807) is 0 Å². The first-order valence-corrected chi connectivity index (χ1v) is 9.37. The zero-order valence-corrected chi connectivity index (χ0v) is 14.4. The van der Waals surface area contributed by atoms with E-state index in [2.05, 4.69) is 13.8 Å². The van der Waals surface area contributed by atoms with E-state index in [0.717, 1.165) is 50.5 Å². The lowest BCUT2D eigenvalue weighted by molar-refractivity contribution is -0.146. The zero-order valence-electron chi connectivity index (χ0n) is 14.4. The molecule has 0 amide bonds. The van der Waals surface area contributed by atoms with Gasteiger partial charge in [0.05, 0.1) is 0 Å². The van der Waals surface area contributed by atoms with Crippen molar-refractivity contribution in [1.29, 1.82) is 0 Å². The van der Waals surface area contributed by atoms with Crippen molar-refractivity contribution < 1.29 is 14.7 Å². The monoisotopic (exact) mass is 316 g/mol. The third-order valence-corrected chi connectivity index (χ3v) is 8.04. The Bertz CT molecular complexity index is 604. The van der Waals surface area contributed by atoms with Crippen LogP contribution in [0.2, 0.25) is 0 Å². The van der Waals surface area contributed by atoms with Gasteiger partial charge in [0.1, 0.15) is 5.78 Å². The van der Waals surface area contributed by atoms with Crippen molar-refractivity contribution in [1.82, 2.24) is 0 Å². The summed E-state index contributed by atoms with van der Waals surface area (Å²) in [5.74, 6) is 2.13. The molecule has 0 bridgehead atoms.